The molecule has 1 aromatic heterocycles. The first-order chi connectivity index (χ1) is 12.1. The quantitative estimate of drug-likeness (QED) is 0.800. The second-order valence-corrected chi connectivity index (χ2v) is 6.21. The molecule has 1 atom stereocenters. The monoisotopic (exact) mass is 342 g/mol. The molecule has 2 N–H and O–H groups in total. The normalized spacial score (nSPS) is 15.8. The first-order valence-electron chi connectivity index (χ1n) is 8.49. The lowest BCUT2D eigenvalue weighted by Gasteiger charge is -2.28. The Morgan fingerprint density at radius 1 is 1.08 bits per heavy atom. The summed E-state index contributed by atoms with van der Waals surface area (Å²) in [5, 5.41) is 5.25. The number of rotatable bonds is 6. The van der Waals surface area contributed by atoms with E-state index in [1.165, 1.54) is 0 Å². The molecule has 0 saturated carbocycles. The Morgan fingerprint density at radius 2 is 1.80 bits per heavy atom. The van der Waals surface area contributed by atoms with E-state index in [1.54, 1.807) is 0 Å². The van der Waals surface area contributed by atoms with Crippen LogP contribution in [0.25, 0.3) is 0 Å². The van der Waals surface area contributed by atoms with Crippen LogP contribution in [-0.4, -0.2) is 40.2 Å². The van der Waals surface area contributed by atoms with Crippen molar-refractivity contribution in [1.29, 1.82) is 0 Å². The number of likely N-dealkylation sites (tertiary alicyclic amines) is 1. The number of aromatic nitrogens is 2. The number of amides is 1. The number of aromatic amines is 1. The van der Waals surface area contributed by atoms with Gasteiger partial charge in [0, 0.05) is 18.7 Å². The van der Waals surface area contributed by atoms with Crippen molar-refractivity contribution in [3.63, 3.8) is 0 Å². The van der Waals surface area contributed by atoms with Gasteiger partial charge in [-0.15, -0.1) is 0 Å². The molecule has 2 heterocycles. The van der Waals surface area contributed by atoms with Gasteiger partial charge in [-0.2, -0.15) is 0 Å². The fourth-order valence-corrected chi connectivity index (χ4v) is 3.18. The van der Waals surface area contributed by atoms with Gasteiger partial charge in [-0.3, -0.25) is 24.4 Å². The van der Waals surface area contributed by atoms with Gasteiger partial charge in [0.15, 0.2) is 0 Å². The Bertz CT molecular complexity index is 822. The molecule has 1 aliphatic rings. The summed E-state index contributed by atoms with van der Waals surface area (Å²) in [5.74, 6) is -0.302. The fraction of sp³-hybridized carbons (Fsp3) is 0.389. The molecule has 3 rings (SSSR count). The summed E-state index contributed by atoms with van der Waals surface area (Å²) in [5.41, 5.74) is 0.343. The highest BCUT2D eigenvalue weighted by molar-refractivity contribution is 5.75. The minimum Gasteiger partial charge on any atom is -0.353 e. The highest BCUT2D eigenvalue weighted by Gasteiger charge is 2.23. The van der Waals surface area contributed by atoms with Crippen LogP contribution in [0.4, 0.5) is 0 Å². The van der Waals surface area contributed by atoms with E-state index >= 15 is 0 Å². The Labute approximate surface area is 145 Å². The predicted octanol–water partition coefficient (Wildman–Crippen LogP) is 0.490. The van der Waals surface area contributed by atoms with Crippen LogP contribution in [-0.2, 0) is 11.3 Å². The van der Waals surface area contributed by atoms with Gasteiger partial charge in [-0.25, -0.2) is 4.68 Å². The molecule has 1 unspecified atom stereocenters. The van der Waals surface area contributed by atoms with E-state index in [9.17, 15) is 14.4 Å². The van der Waals surface area contributed by atoms with Gasteiger partial charge in [0.25, 0.3) is 11.1 Å². The highest BCUT2D eigenvalue weighted by atomic mass is 16.2. The summed E-state index contributed by atoms with van der Waals surface area (Å²) in [4.78, 5) is 37.6. The van der Waals surface area contributed by atoms with Gasteiger partial charge in [0.2, 0.25) is 5.91 Å². The van der Waals surface area contributed by atoms with Crippen LogP contribution in [0.5, 0.6) is 0 Å². The number of hydrogen-bond acceptors (Lipinski definition) is 4. The third-order valence-electron chi connectivity index (χ3n) is 4.45. The Kier molecular flexibility index (Phi) is 5.45. The minimum atomic E-state index is -0.411. The van der Waals surface area contributed by atoms with E-state index in [1.807, 2.05) is 18.2 Å². The van der Waals surface area contributed by atoms with Crippen molar-refractivity contribution in [2.45, 2.75) is 25.4 Å². The van der Waals surface area contributed by atoms with Gasteiger partial charge in [0.1, 0.15) is 6.54 Å². The van der Waals surface area contributed by atoms with Crippen LogP contribution in [0, 0.1) is 0 Å². The zero-order chi connectivity index (χ0) is 17.6. The first kappa shape index (κ1) is 17.2. The fourth-order valence-electron chi connectivity index (χ4n) is 3.18. The van der Waals surface area contributed by atoms with Crippen LogP contribution in [0.15, 0.2) is 52.1 Å². The molecule has 0 spiro atoms. The summed E-state index contributed by atoms with van der Waals surface area (Å²) in [6, 6.07) is 12.5. The van der Waals surface area contributed by atoms with E-state index in [2.05, 4.69) is 27.4 Å². The van der Waals surface area contributed by atoms with Gasteiger partial charge < -0.3 is 5.32 Å². The van der Waals surface area contributed by atoms with Gasteiger partial charge in [0.05, 0.1) is 6.04 Å². The van der Waals surface area contributed by atoms with Crippen molar-refractivity contribution in [2.75, 3.05) is 19.6 Å². The molecule has 25 heavy (non-hydrogen) atoms. The predicted molar refractivity (Wildman–Crippen MR) is 94.3 cm³/mol. The maximum absolute atomic E-state index is 12.2. The number of nitrogens with zero attached hydrogens (tertiary/aromatic N) is 2. The smallest absolute Gasteiger partial charge is 0.265 e. The molecule has 0 radical (unpaired) electrons. The summed E-state index contributed by atoms with van der Waals surface area (Å²) >= 11 is 0. The van der Waals surface area contributed by atoms with Crippen molar-refractivity contribution in [3.8, 4) is 0 Å². The second-order valence-electron chi connectivity index (χ2n) is 6.21. The lowest BCUT2D eigenvalue weighted by molar-refractivity contribution is -0.122. The average Bonchev–Trinajstić information content (AvgIpc) is 3.14. The Hall–Kier alpha value is -2.67. The summed E-state index contributed by atoms with van der Waals surface area (Å²) in [6.45, 7) is 2.30. The van der Waals surface area contributed by atoms with E-state index in [0.29, 0.717) is 6.54 Å². The SMILES string of the molecule is O=C(Cn1[nH]c(=O)ccc1=O)NCC(c1ccccc1)N1CCCC1. The maximum Gasteiger partial charge on any atom is 0.265 e. The standard InChI is InChI=1S/C18H22N4O3/c23-16-8-9-18(25)22(20-16)13-17(24)19-12-15(21-10-4-5-11-21)14-6-2-1-3-7-14/h1-3,6-9,15H,4-5,10-13H2,(H,19,24)(H,20,23). The summed E-state index contributed by atoms with van der Waals surface area (Å²) in [6.07, 6.45) is 2.33. The summed E-state index contributed by atoms with van der Waals surface area (Å²) < 4.78 is 1.02. The molecule has 1 aliphatic heterocycles. The number of carbonyl (C=O) groups is 1. The number of hydrogen-bond donors (Lipinski definition) is 2. The number of carbonyl (C=O) groups excluding carboxylic acids is 1. The molecule has 7 nitrogen and oxygen atoms in total. The number of H-pyrrole nitrogens is 1. The molecule has 1 fully saturated rings. The van der Waals surface area contributed by atoms with Crippen LogP contribution in [0.3, 0.4) is 0 Å². The molecule has 1 aromatic carbocycles. The van der Waals surface area contributed by atoms with Crippen LogP contribution >= 0.6 is 0 Å². The Morgan fingerprint density at radius 3 is 2.52 bits per heavy atom. The lowest BCUT2D eigenvalue weighted by atomic mass is 10.1. The highest BCUT2D eigenvalue weighted by Crippen LogP contribution is 2.24. The molecule has 2 aromatic rings. The van der Waals surface area contributed by atoms with Gasteiger partial charge in [-0.05, 0) is 31.5 Å². The Balaban J connectivity index is 1.66. The first-order valence-corrected chi connectivity index (χ1v) is 8.49. The van der Waals surface area contributed by atoms with Gasteiger partial charge in [-0.1, -0.05) is 30.3 Å². The van der Waals surface area contributed by atoms with Gasteiger partial charge >= 0.3 is 0 Å². The molecule has 1 amide bonds. The third kappa shape index (κ3) is 4.45. The van der Waals surface area contributed by atoms with Crippen molar-refractivity contribution in [1.82, 2.24) is 20.0 Å². The van der Waals surface area contributed by atoms with E-state index in [0.717, 1.165) is 48.3 Å². The topological polar surface area (TPSA) is 87.2 Å². The van der Waals surface area contributed by atoms with Crippen molar-refractivity contribution < 1.29 is 4.79 Å². The van der Waals surface area contributed by atoms with Crippen LogP contribution in [0.1, 0.15) is 24.4 Å². The van der Waals surface area contributed by atoms with E-state index in [4.69, 9.17) is 0 Å². The summed E-state index contributed by atoms with van der Waals surface area (Å²) in [7, 11) is 0. The number of benzene rings is 1. The minimum absolute atomic E-state index is 0.110. The molecule has 132 valence electrons. The van der Waals surface area contributed by atoms with Crippen LogP contribution in [0.2, 0.25) is 0 Å². The maximum atomic E-state index is 12.2. The molecule has 1 saturated heterocycles. The van der Waals surface area contributed by atoms with Crippen LogP contribution < -0.4 is 16.4 Å². The van der Waals surface area contributed by atoms with E-state index < -0.39 is 11.1 Å². The largest absolute Gasteiger partial charge is 0.353 e. The molecular formula is C18H22N4O3. The third-order valence-corrected chi connectivity index (χ3v) is 4.45. The molecule has 0 aliphatic carbocycles. The second kappa shape index (κ2) is 7.94. The van der Waals surface area contributed by atoms with Crippen molar-refractivity contribution >= 4 is 5.91 Å². The van der Waals surface area contributed by atoms with Crippen molar-refractivity contribution in [2.24, 2.45) is 0 Å². The molecular weight excluding hydrogens is 320 g/mol. The van der Waals surface area contributed by atoms with Crippen molar-refractivity contribution in [3.05, 3.63) is 68.7 Å². The molecule has 7 heteroatoms. The number of nitrogens with one attached hydrogen (secondary N) is 2. The lowest BCUT2D eigenvalue weighted by Crippen LogP contribution is -2.40. The average molecular weight is 342 g/mol. The zero-order valence-electron chi connectivity index (χ0n) is 14.0. The van der Waals surface area contributed by atoms with E-state index in [-0.39, 0.29) is 18.5 Å². The molecule has 0 bridgehead atoms. The zero-order valence-corrected chi connectivity index (χ0v) is 14.0.